The number of carbonyl (C=O) groups is 1. The van der Waals surface area contributed by atoms with Crippen molar-refractivity contribution in [3.63, 3.8) is 0 Å². The number of nitrogens with one attached hydrogen (secondary N) is 1. The lowest BCUT2D eigenvalue weighted by Gasteiger charge is -2.15. The molecule has 0 aliphatic heterocycles. The minimum absolute atomic E-state index is 0.143. The largest absolute Gasteiger partial charge is 0.349 e. The Morgan fingerprint density at radius 1 is 1.11 bits per heavy atom. The van der Waals surface area contributed by atoms with Gasteiger partial charge in [-0.25, -0.2) is 4.68 Å². The van der Waals surface area contributed by atoms with Crippen molar-refractivity contribution >= 4 is 5.91 Å². The van der Waals surface area contributed by atoms with Gasteiger partial charge in [0.25, 0.3) is 5.91 Å². The SMILES string of the molecule is Cc1ccc(-n2nc(C(=O)NCC(N)c3ccccc3)c3c2CCCC3)cc1. The summed E-state index contributed by atoms with van der Waals surface area (Å²) in [6.45, 7) is 2.45. The number of aryl methyl sites for hydroxylation is 1. The van der Waals surface area contributed by atoms with E-state index in [2.05, 4.69) is 36.5 Å². The number of carbonyl (C=O) groups excluding carboxylic acids is 1. The molecule has 28 heavy (non-hydrogen) atoms. The normalized spacial score (nSPS) is 14.4. The molecule has 0 saturated heterocycles. The van der Waals surface area contributed by atoms with Crippen LogP contribution in [0.5, 0.6) is 0 Å². The Balaban J connectivity index is 1.57. The summed E-state index contributed by atoms with van der Waals surface area (Å²) < 4.78 is 1.94. The third kappa shape index (κ3) is 3.71. The summed E-state index contributed by atoms with van der Waals surface area (Å²) in [4.78, 5) is 12.9. The van der Waals surface area contributed by atoms with Gasteiger partial charge in [-0.05, 0) is 50.3 Å². The van der Waals surface area contributed by atoms with Crippen molar-refractivity contribution in [1.29, 1.82) is 0 Å². The highest BCUT2D eigenvalue weighted by atomic mass is 16.2. The molecule has 1 aromatic heterocycles. The zero-order valence-electron chi connectivity index (χ0n) is 16.2. The van der Waals surface area contributed by atoms with Crippen LogP contribution in [0.1, 0.15) is 51.8 Å². The van der Waals surface area contributed by atoms with Crippen LogP contribution in [-0.4, -0.2) is 22.2 Å². The first-order valence-corrected chi connectivity index (χ1v) is 9.90. The maximum absolute atomic E-state index is 12.9. The molecule has 1 unspecified atom stereocenters. The zero-order chi connectivity index (χ0) is 19.5. The van der Waals surface area contributed by atoms with E-state index in [0.717, 1.165) is 48.2 Å². The topological polar surface area (TPSA) is 72.9 Å². The van der Waals surface area contributed by atoms with Crippen molar-refractivity contribution in [1.82, 2.24) is 15.1 Å². The standard InChI is InChI=1S/C23H26N4O/c1-16-11-13-18(14-12-16)27-21-10-6-5-9-19(21)22(26-27)23(28)25-15-20(24)17-7-3-2-4-8-17/h2-4,7-8,11-14,20H,5-6,9-10,15,24H2,1H3,(H,25,28). The lowest BCUT2D eigenvalue weighted by Crippen LogP contribution is -2.32. The summed E-state index contributed by atoms with van der Waals surface area (Å²) in [6.07, 6.45) is 4.07. The summed E-state index contributed by atoms with van der Waals surface area (Å²) >= 11 is 0. The molecule has 0 saturated carbocycles. The highest BCUT2D eigenvalue weighted by Crippen LogP contribution is 2.27. The smallest absolute Gasteiger partial charge is 0.272 e. The number of aromatic nitrogens is 2. The highest BCUT2D eigenvalue weighted by molar-refractivity contribution is 5.94. The van der Waals surface area contributed by atoms with E-state index in [1.807, 2.05) is 35.0 Å². The van der Waals surface area contributed by atoms with Crippen LogP contribution < -0.4 is 11.1 Å². The van der Waals surface area contributed by atoms with Gasteiger partial charge >= 0.3 is 0 Å². The number of fused-ring (bicyclic) bond motifs is 1. The summed E-state index contributed by atoms with van der Waals surface area (Å²) in [7, 11) is 0. The molecule has 144 valence electrons. The third-order valence-corrected chi connectivity index (χ3v) is 5.38. The summed E-state index contributed by atoms with van der Waals surface area (Å²) in [5.41, 5.74) is 12.2. The Bertz CT molecular complexity index is 960. The minimum atomic E-state index is -0.236. The van der Waals surface area contributed by atoms with Gasteiger partial charge in [0.15, 0.2) is 5.69 Å². The monoisotopic (exact) mass is 374 g/mol. The molecule has 1 aliphatic rings. The first-order valence-electron chi connectivity index (χ1n) is 9.90. The highest BCUT2D eigenvalue weighted by Gasteiger charge is 2.25. The molecule has 1 aliphatic carbocycles. The molecule has 5 nitrogen and oxygen atoms in total. The van der Waals surface area contributed by atoms with Crippen LogP contribution in [-0.2, 0) is 12.8 Å². The second kappa shape index (κ2) is 7.98. The van der Waals surface area contributed by atoms with Gasteiger partial charge in [0, 0.05) is 23.8 Å². The molecule has 5 heteroatoms. The van der Waals surface area contributed by atoms with E-state index in [4.69, 9.17) is 10.8 Å². The molecule has 0 fully saturated rings. The Morgan fingerprint density at radius 3 is 2.57 bits per heavy atom. The van der Waals surface area contributed by atoms with E-state index in [-0.39, 0.29) is 11.9 Å². The predicted octanol–water partition coefficient (Wildman–Crippen LogP) is 3.49. The molecule has 2 aromatic carbocycles. The molecule has 0 bridgehead atoms. The van der Waals surface area contributed by atoms with Crippen molar-refractivity contribution in [3.05, 3.63) is 82.7 Å². The number of amides is 1. The van der Waals surface area contributed by atoms with Crippen molar-refractivity contribution in [3.8, 4) is 5.69 Å². The zero-order valence-corrected chi connectivity index (χ0v) is 16.2. The van der Waals surface area contributed by atoms with Gasteiger partial charge in [-0.15, -0.1) is 0 Å². The third-order valence-electron chi connectivity index (χ3n) is 5.38. The number of hydrogen-bond donors (Lipinski definition) is 2. The summed E-state index contributed by atoms with van der Waals surface area (Å²) in [5, 5.41) is 7.69. The van der Waals surface area contributed by atoms with Crippen molar-refractivity contribution in [2.75, 3.05) is 6.54 Å². The van der Waals surface area contributed by atoms with Gasteiger partial charge in [0.2, 0.25) is 0 Å². The molecular formula is C23H26N4O. The van der Waals surface area contributed by atoms with Crippen molar-refractivity contribution in [2.45, 2.75) is 38.6 Å². The van der Waals surface area contributed by atoms with Gasteiger partial charge in [0.1, 0.15) is 0 Å². The Labute approximate surface area is 165 Å². The quantitative estimate of drug-likeness (QED) is 0.718. The van der Waals surface area contributed by atoms with Crippen molar-refractivity contribution < 1.29 is 4.79 Å². The number of nitrogens with zero attached hydrogens (tertiary/aromatic N) is 2. The van der Waals surface area contributed by atoms with Crippen LogP contribution in [0.2, 0.25) is 0 Å². The fourth-order valence-corrected chi connectivity index (χ4v) is 3.79. The molecule has 3 aromatic rings. The molecule has 0 spiro atoms. The lowest BCUT2D eigenvalue weighted by atomic mass is 9.95. The van der Waals surface area contributed by atoms with E-state index in [1.54, 1.807) is 0 Å². The average molecular weight is 374 g/mol. The Morgan fingerprint density at radius 2 is 1.82 bits per heavy atom. The Kier molecular flexibility index (Phi) is 5.26. The van der Waals surface area contributed by atoms with E-state index < -0.39 is 0 Å². The van der Waals surface area contributed by atoms with Gasteiger partial charge in [0.05, 0.1) is 5.69 Å². The molecule has 0 radical (unpaired) electrons. The number of hydrogen-bond acceptors (Lipinski definition) is 3. The Hall–Kier alpha value is -2.92. The second-order valence-corrected chi connectivity index (χ2v) is 7.46. The molecule has 3 N–H and O–H groups in total. The first kappa shape index (κ1) is 18.4. The minimum Gasteiger partial charge on any atom is -0.349 e. The predicted molar refractivity (Wildman–Crippen MR) is 111 cm³/mol. The summed E-state index contributed by atoms with van der Waals surface area (Å²) in [5.74, 6) is -0.143. The number of rotatable bonds is 5. The van der Waals surface area contributed by atoms with Crippen LogP contribution in [0.15, 0.2) is 54.6 Å². The van der Waals surface area contributed by atoms with Crippen LogP contribution >= 0.6 is 0 Å². The fraction of sp³-hybridized carbons (Fsp3) is 0.304. The van der Waals surface area contributed by atoms with E-state index in [1.165, 1.54) is 5.56 Å². The molecule has 1 atom stereocenters. The fourth-order valence-electron chi connectivity index (χ4n) is 3.79. The van der Waals surface area contributed by atoms with Gasteiger partial charge < -0.3 is 11.1 Å². The average Bonchev–Trinajstić information content (AvgIpc) is 3.13. The maximum Gasteiger partial charge on any atom is 0.272 e. The van der Waals surface area contributed by atoms with E-state index in [0.29, 0.717) is 12.2 Å². The summed E-state index contributed by atoms with van der Waals surface area (Å²) in [6, 6.07) is 17.9. The lowest BCUT2D eigenvalue weighted by molar-refractivity contribution is 0.0944. The van der Waals surface area contributed by atoms with Gasteiger partial charge in [-0.2, -0.15) is 5.10 Å². The maximum atomic E-state index is 12.9. The van der Waals surface area contributed by atoms with Crippen LogP contribution in [0, 0.1) is 6.92 Å². The molecular weight excluding hydrogens is 348 g/mol. The van der Waals surface area contributed by atoms with Gasteiger partial charge in [-0.3, -0.25) is 4.79 Å². The van der Waals surface area contributed by atoms with E-state index in [9.17, 15) is 4.79 Å². The number of nitrogens with two attached hydrogens (primary N) is 1. The van der Waals surface area contributed by atoms with Gasteiger partial charge in [-0.1, -0.05) is 48.0 Å². The molecule has 1 heterocycles. The second-order valence-electron chi connectivity index (χ2n) is 7.46. The van der Waals surface area contributed by atoms with Crippen LogP contribution in [0.25, 0.3) is 5.69 Å². The molecule has 4 rings (SSSR count). The number of benzene rings is 2. The van der Waals surface area contributed by atoms with Crippen molar-refractivity contribution in [2.24, 2.45) is 5.73 Å². The van der Waals surface area contributed by atoms with Crippen LogP contribution in [0.3, 0.4) is 0 Å². The molecule has 1 amide bonds. The van der Waals surface area contributed by atoms with Crippen LogP contribution in [0.4, 0.5) is 0 Å². The van der Waals surface area contributed by atoms with E-state index >= 15 is 0 Å². The first-order chi connectivity index (χ1) is 13.6.